The number of hydrogen-bond donors (Lipinski definition) is 0. The van der Waals surface area contributed by atoms with E-state index in [1.165, 1.54) is 6.92 Å². The van der Waals surface area contributed by atoms with Gasteiger partial charge in [0, 0.05) is 6.42 Å². The summed E-state index contributed by atoms with van der Waals surface area (Å²) in [4.78, 5) is 19.1. The molecule has 0 bridgehead atoms. The number of hydrogen-bond acceptors (Lipinski definition) is 2. The highest BCUT2D eigenvalue weighted by atomic mass is 16.1. The molecule has 60 valence electrons. The molecule has 0 saturated carbocycles. The van der Waals surface area contributed by atoms with Gasteiger partial charge in [-0.15, -0.1) is 0 Å². The lowest BCUT2D eigenvalue weighted by Crippen LogP contribution is -1.95. The first-order chi connectivity index (χ1) is 4.54. The summed E-state index contributed by atoms with van der Waals surface area (Å²) in [6.07, 6.45) is 1.47. The standard InChI is InChI=1S/C6H12O.C2H4O/c1-5(2)4-6(3)7;1-2-3/h5H,4H2,1-3H3;2H,1H3. The Balaban J connectivity index is 0. The Hall–Kier alpha value is -0.660. The Bertz CT molecular complexity index is 95.4. The van der Waals surface area contributed by atoms with Gasteiger partial charge in [-0.1, -0.05) is 13.8 Å². The van der Waals surface area contributed by atoms with Gasteiger partial charge in [-0.2, -0.15) is 0 Å². The molecule has 2 heteroatoms. The molecule has 0 aliphatic rings. The second kappa shape index (κ2) is 8.34. The Kier molecular flexibility index (Phi) is 10.1. The van der Waals surface area contributed by atoms with Crippen LogP contribution in [0.4, 0.5) is 0 Å². The highest BCUT2D eigenvalue weighted by Crippen LogP contribution is 1.97. The number of aldehydes is 1. The van der Waals surface area contributed by atoms with E-state index in [4.69, 9.17) is 4.79 Å². The minimum Gasteiger partial charge on any atom is -0.304 e. The van der Waals surface area contributed by atoms with Crippen LogP contribution in [-0.4, -0.2) is 12.1 Å². The molecule has 0 atom stereocenters. The minimum absolute atomic E-state index is 0.287. The van der Waals surface area contributed by atoms with Gasteiger partial charge in [0.25, 0.3) is 0 Å². The van der Waals surface area contributed by atoms with Crippen LogP contribution in [0.25, 0.3) is 0 Å². The van der Waals surface area contributed by atoms with Crippen molar-refractivity contribution in [1.29, 1.82) is 0 Å². The SMILES string of the molecule is CC(=O)CC(C)C.CC=O. The summed E-state index contributed by atoms with van der Waals surface area (Å²) in [6.45, 7) is 7.16. The van der Waals surface area contributed by atoms with Gasteiger partial charge in [-0.05, 0) is 19.8 Å². The van der Waals surface area contributed by atoms with E-state index in [0.717, 1.165) is 12.7 Å². The Morgan fingerprint density at radius 2 is 1.80 bits per heavy atom. The normalized spacial score (nSPS) is 8.10. The van der Waals surface area contributed by atoms with Gasteiger partial charge >= 0.3 is 0 Å². The first kappa shape index (κ1) is 12.1. The third-order valence-electron chi connectivity index (χ3n) is 0.696. The van der Waals surface area contributed by atoms with Crippen molar-refractivity contribution in [3.8, 4) is 0 Å². The summed E-state index contributed by atoms with van der Waals surface area (Å²) in [6, 6.07) is 0. The van der Waals surface area contributed by atoms with E-state index in [-0.39, 0.29) is 5.78 Å². The van der Waals surface area contributed by atoms with Gasteiger partial charge in [0.15, 0.2) is 0 Å². The van der Waals surface area contributed by atoms with Gasteiger partial charge in [-0.3, -0.25) is 0 Å². The molecular formula is C8H16O2. The molecule has 0 saturated heterocycles. The number of rotatable bonds is 2. The molecule has 0 spiro atoms. The molecule has 0 aliphatic heterocycles. The van der Waals surface area contributed by atoms with Crippen molar-refractivity contribution in [3.05, 3.63) is 0 Å². The predicted molar refractivity (Wildman–Crippen MR) is 41.9 cm³/mol. The smallest absolute Gasteiger partial charge is 0.130 e. The van der Waals surface area contributed by atoms with Crippen LogP contribution in [0.3, 0.4) is 0 Å². The van der Waals surface area contributed by atoms with E-state index in [9.17, 15) is 4.79 Å². The maximum atomic E-state index is 10.3. The third-order valence-corrected chi connectivity index (χ3v) is 0.696. The first-order valence-electron chi connectivity index (χ1n) is 3.43. The van der Waals surface area contributed by atoms with E-state index in [0.29, 0.717) is 5.92 Å². The maximum absolute atomic E-state index is 10.3. The quantitative estimate of drug-likeness (QED) is 0.554. The molecule has 0 aromatic rings. The van der Waals surface area contributed by atoms with Crippen molar-refractivity contribution in [2.75, 3.05) is 0 Å². The lowest BCUT2D eigenvalue weighted by molar-refractivity contribution is -0.117. The fourth-order valence-electron chi connectivity index (χ4n) is 0.575. The molecular weight excluding hydrogens is 128 g/mol. The average Bonchev–Trinajstić information content (AvgIpc) is 1.62. The van der Waals surface area contributed by atoms with Crippen molar-refractivity contribution in [3.63, 3.8) is 0 Å². The van der Waals surface area contributed by atoms with Crippen LogP contribution < -0.4 is 0 Å². The zero-order valence-corrected chi connectivity index (χ0v) is 7.18. The highest BCUT2D eigenvalue weighted by molar-refractivity contribution is 5.75. The van der Waals surface area contributed by atoms with Gasteiger partial charge in [0.05, 0.1) is 0 Å². The summed E-state index contributed by atoms with van der Waals surface area (Å²) in [5, 5.41) is 0. The number of ketones is 1. The van der Waals surface area contributed by atoms with E-state index < -0.39 is 0 Å². The number of carbonyl (C=O) groups is 2. The second-order valence-electron chi connectivity index (χ2n) is 2.54. The van der Waals surface area contributed by atoms with Crippen molar-refractivity contribution in [2.45, 2.75) is 34.1 Å². The molecule has 0 heterocycles. The van der Waals surface area contributed by atoms with Crippen LogP contribution in [0, 0.1) is 5.92 Å². The summed E-state index contributed by atoms with van der Waals surface area (Å²) < 4.78 is 0. The van der Waals surface area contributed by atoms with Crippen LogP contribution in [-0.2, 0) is 9.59 Å². The molecule has 0 N–H and O–H groups in total. The van der Waals surface area contributed by atoms with Gasteiger partial charge in [-0.25, -0.2) is 0 Å². The zero-order valence-electron chi connectivity index (χ0n) is 7.18. The molecule has 0 amide bonds. The molecule has 0 aromatic heterocycles. The zero-order chi connectivity index (χ0) is 8.57. The van der Waals surface area contributed by atoms with Gasteiger partial charge < -0.3 is 9.59 Å². The predicted octanol–water partition coefficient (Wildman–Crippen LogP) is 1.83. The maximum Gasteiger partial charge on any atom is 0.130 e. The van der Waals surface area contributed by atoms with Crippen molar-refractivity contribution in [1.82, 2.24) is 0 Å². The van der Waals surface area contributed by atoms with Crippen LogP contribution in [0.5, 0.6) is 0 Å². The fourth-order valence-corrected chi connectivity index (χ4v) is 0.575. The van der Waals surface area contributed by atoms with Crippen LogP contribution >= 0.6 is 0 Å². The van der Waals surface area contributed by atoms with Crippen LogP contribution in [0.2, 0.25) is 0 Å². The van der Waals surface area contributed by atoms with Gasteiger partial charge in [0.2, 0.25) is 0 Å². The Labute approximate surface area is 62.6 Å². The largest absolute Gasteiger partial charge is 0.304 e. The highest BCUT2D eigenvalue weighted by Gasteiger charge is 1.95. The van der Waals surface area contributed by atoms with E-state index >= 15 is 0 Å². The number of Topliss-reactive ketones (excluding diaryl/α,β-unsaturated/α-hetero) is 1. The molecule has 0 aliphatic carbocycles. The molecule has 2 nitrogen and oxygen atoms in total. The van der Waals surface area contributed by atoms with Crippen molar-refractivity contribution >= 4 is 12.1 Å². The second-order valence-corrected chi connectivity index (χ2v) is 2.54. The summed E-state index contributed by atoms with van der Waals surface area (Å²) in [5.41, 5.74) is 0. The van der Waals surface area contributed by atoms with Gasteiger partial charge in [0.1, 0.15) is 12.1 Å². The molecule has 0 unspecified atom stereocenters. The lowest BCUT2D eigenvalue weighted by Gasteiger charge is -1.95. The van der Waals surface area contributed by atoms with E-state index in [2.05, 4.69) is 0 Å². The van der Waals surface area contributed by atoms with Crippen LogP contribution in [0.1, 0.15) is 34.1 Å². The molecule has 0 rings (SSSR count). The van der Waals surface area contributed by atoms with Crippen molar-refractivity contribution < 1.29 is 9.59 Å². The Morgan fingerprint density at radius 3 is 1.80 bits per heavy atom. The van der Waals surface area contributed by atoms with Crippen LogP contribution in [0.15, 0.2) is 0 Å². The Morgan fingerprint density at radius 1 is 1.50 bits per heavy atom. The summed E-state index contributed by atoms with van der Waals surface area (Å²) in [7, 11) is 0. The number of carbonyl (C=O) groups excluding carboxylic acids is 2. The monoisotopic (exact) mass is 144 g/mol. The summed E-state index contributed by atoms with van der Waals surface area (Å²) in [5.74, 6) is 0.813. The molecule has 0 fully saturated rings. The van der Waals surface area contributed by atoms with Crippen molar-refractivity contribution in [2.24, 2.45) is 5.92 Å². The molecule has 0 radical (unpaired) electrons. The van der Waals surface area contributed by atoms with E-state index in [1.807, 2.05) is 13.8 Å². The summed E-state index contributed by atoms with van der Waals surface area (Å²) >= 11 is 0. The van der Waals surface area contributed by atoms with E-state index in [1.54, 1.807) is 6.92 Å². The third kappa shape index (κ3) is 26.4. The topological polar surface area (TPSA) is 34.1 Å². The molecule has 0 aromatic carbocycles. The molecule has 10 heavy (non-hydrogen) atoms. The first-order valence-corrected chi connectivity index (χ1v) is 3.43. The fraction of sp³-hybridized carbons (Fsp3) is 0.750. The lowest BCUT2D eigenvalue weighted by atomic mass is 10.1. The average molecular weight is 144 g/mol. The minimum atomic E-state index is 0.287.